The van der Waals surface area contributed by atoms with Crippen LogP contribution in [0, 0.1) is 17.3 Å². The summed E-state index contributed by atoms with van der Waals surface area (Å²) in [5.41, 5.74) is -0.720. The van der Waals surface area contributed by atoms with Crippen LogP contribution in [0.15, 0.2) is 0 Å². The van der Waals surface area contributed by atoms with Crippen LogP contribution in [0.5, 0.6) is 0 Å². The van der Waals surface area contributed by atoms with Crippen molar-refractivity contribution in [3.05, 3.63) is 0 Å². The Balaban J connectivity index is 2.50. The van der Waals surface area contributed by atoms with E-state index in [1.807, 2.05) is 13.8 Å². The summed E-state index contributed by atoms with van der Waals surface area (Å²) >= 11 is 0. The summed E-state index contributed by atoms with van der Waals surface area (Å²) in [5.74, 6) is 0.872. The molecule has 1 saturated carbocycles. The van der Waals surface area contributed by atoms with Crippen LogP contribution in [-0.2, 0) is 9.59 Å². The summed E-state index contributed by atoms with van der Waals surface area (Å²) in [6.07, 6.45) is 8.71. The Bertz CT molecular complexity index is 207. The highest BCUT2D eigenvalue weighted by Crippen LogP contribution is 2.35. The molecule has 0 aliphatic heterocycles. The van der Waals surface area contributed by atoms with E-state index in [9.17, 15) is 9.59 Å². The highest BCUT2D eigenvalue weighted by Gasteiger charge is 2.33. The molecular formula is C13H22O2. The molecule has 1 aliphatic rings. The third-order valence-corrected chi connectivity index (χ3v) is 3.97. The molecule has 1 aliphatic carbocycles. The van der Waals surface area contributed by atoms with Gasteiger partial charge in [-0.2, -0.15) is 0 Å². The SMILES string of the molecule is CC(C)C(C=O)(C=O)CCC1CCCC1. The lowest BCUT2D eigenvalue weighted by atomic mass is 9.75. The van der Waals surface area contributed by atoms with Gasteiger partial charge in [0.2, 0.25) is 0 Å². The van der Waals surface area contributed by atoms with Crippen molar-refractivity contribution in [2.45, 2.75) is 52.4 Å². The van der Waals surface area contributed by atoms with Gasteiger partial charge in [0.25, 0.3) is 0 Å². The standard InChI is InChI=1S/C13H22O2/c1-11(2)13(9-14,10-15)8-7-12-5-3-4-6-12/h9-12H,3-8H2,1-2H3. The van der Waals surface area contributed by atoms with Crippen molar-refractivity contribution in [2.75, 3.05) is 0 Å². The molecule has 0 amide bonds. The zero-order valence-corrected chi connectivity index (χ0v) is 9.87. The van der Waals surface area contributed by atoms with Gasteiger partial charge in [-0.1, -0.05) is 39.5 Å². The van der Waals surface area contributed by atoms with Crippen LogP contribution in [0.2, 0.25) is 0 Å². The molecular weight excluding hydrogens is 188 g/mol. The summed E-state index contributed by atoms with van der Waals surface area (Å²) in [4.78, 5) is 22.1. The number of hydrogen-bond donors (Lipinski definition) is 0. The molecule has 0 aromatic rings. The Kier molecular flexibility index (Phi) is 4.49. The van der Waals surface area contributed by atoms with E-state index in [0.717, 1.165) is 31.3 Å². The van der Waals surface area contributed by atoms with Crippen molar-refractivity contribution in [2.24, 2.45) is 17.3 Å². The van der Waals surface area contributed by atoms with Gasteiger partial charge >= 0.3 is 0 Å². The number of carbonyl (C=O) groups excluding carboxylic acids is 2. The van der Waals surface area contributed by atoms with Crippen molar-refractivity contribution in [3.63, 3.8) is 0 Å². The largest absolute Gasteiger partial charge is 0.302 e. The topological polar surface area (TPSA) is 34.1 Å². The monoisotopic (exact) mass is 210 g/mol. The summed E-state index contributed by atoms with van der Waals surface area (Å²) < 4.78 is 0. The fraction of sp³-hybridized carbons (Fsp3) is 0.846. The summed E-state index contributed by atoms with van der Waals surface area (Å²) in [5, 5.41) is 0. The number of hydrogen-bond acceptors (Lipinski definition) is 2. The predicted octanol–water partition coefficient (Wildman–Crippen LogP) is 3.00. The molecule has 0 bridgehead atoms. The van der Waals surface area contributed by atoms with Crippen molar-refractivity contribution >= 4 is 12.6 Å². The highest BCUT2D eigenvalue weighted by molar-refractivity contribution is 5.83. The Labute approximate surface area is 92.4 Å². The quantitative estimate of drug-likeness (QED) is 0.499. The zero-order chi connectivity index (χ0) is 11.3. The van der Waals surface area contributed by atoms with Crippen molar-refractivity contribution < 1.29 is 9.59 Å². The van der Waals surface area contributed by atoms with Crippen molar-refractivity contribution in [1.82, 2.24) is 0 Å². The van der Waals surface area contributed by atoms with E-state index in [0.29, 0.717) is 0 Å². The minimum Gasteiger partial charge on any atom is -0.302 e. The first-order valence-corrected chi connectivity index (χ1v) is 6.07. The average Bonchev–Trinajstić information content (AvgIpc) is 2.72. The second-order valence-electron chi connectivity index (χ2n) is 5.19. The zero-order valence-electron chi connectivity index (χ0n) is 9.87. The number of rotatable bonds is 6. The Morgan fingerprint density at radius 2 is 1.73 bits per heavy atom. The highest BCUT2D eigenvalue weighted by atomic mass is 16.1. The molecule has 0 aromatic heterocycles. The average molecular weight is 210 g/mol. The molecule has 0 unspecified atom stereocenters. The molecule has 0 saturated heterocycles. The van der Waals surface area contributed by atoms with Crippen LogP contribution in [-0.4, -0.2) is 12.6 Å². The van der Waals surface area contributed by atoms with Gasteiger partial charge in [0, 0.05) is 0 Å². The summed E-state index contributed by atoms with van der Waals surface area (Å²) in [6, 6.07) is 0. The van der Waals surface area contributed by atoms with Crippen LogP contribution < -0.4 is 0 Å². The first-order chi connectivity index (χ1) is 7.14. The molecule has 0 aromatic carbocycles. The molecule has 86 valence electrons. The molecule has 0 atom stereocenters. The lowest BCUT2D eigenvalue weighted by molar-refractivity contribution is -0.129. The fourth-order valence-electron chi connectivity index (χ4n) is 2.46. The molecule has 2 nitrogen and oxygen atoms in total. The molecule has 0 N–H and O–H groups in total. The van der Waals surface area contributed by atoms with Crippen LogP contribution >= 0.6 is 0 Å². The smallest absolute Gasteiger partial charge is 0.133 e. The second kappa shape index (κ2) is 5.43. The Morgan fingerprint density at radius 3 is 2.13 bits per heavy atom. The first kappa shape index (κ1) is 12.4. The van der Waals surface area contributed by atoms with Crippen LogP contribution in [0.3, 0.4) is 0 Å². The van der Waals surface area contributed by atoms with E-state index in [1.54, 1.807) is 0 Å². The van der Waals surface area contributed by atoms with E-state index in [-0.39, 0.29) is 5.92 Å². The van der Waals surface area contributed by atoms with Gasteiger partial charge < -0.3 is 9.59 Å². The van der Waals surface area contributed by atoms with E-state index in [1.165, 1.54) is 25.7 Å². The minimum absolute atomic E-state index is 0.119. The van der Waals surface area contributed by atoms with Gasteiger partial charge in [0.05, 0.1) is 5.41 Å². The molecule has 2 heteroatoms. The van der Waals surface area contributed by atoms with E-state index >= 15 is 0 Å². The Morgan fingerprint density at radius 1 is 1.20 bits per heavy atom. The third-order valence-electron chi connectivity index (χ3n) is 3.97. The molecule has 15 heavy (non-hydrogen) atoms. The van der Waals surface area contributed by atoms with E-state index in [2.05, 4.69) is 0 Å². The maximum Gasteiger partial charge on any atom is 0.133 e. The van der Waals surface area contributed by atoms with Crippen LogP contribution in [0.4, 0.5) is 0 Å². The number of carbonyl (C=O) groups is 2. The van der Waals surface area contributed by atoms with Gasteiger partial charge in [-0.3, -0.25) is 0 Å². The molecule has 0 heterocycles. The lowest BCUT2D eigenvalue weighted by Crippen LogP contribution is -2.31. The summed E-state index contributed by atoms with van der Waals surface area (Å²) in [7, 11) is 0. The normalized spacial score (nSPS) is 18.3. The molecule has 1 fully saturated rings. The first-order valence-electron chi connectivity index (χ1n) is 6.07. The van der Waals surface area contributed by atoms with E-state index < -0.39 is 5.41 Å². The minimum atomic E-state index is -0.720. The maximum absolute atomic E-state index is 11.1. The van der Waals surface area contributed by atoms with Gasteiger partial charge in [-0.05, 0) is 24.7 Å². The van der Waals surface area contributed by atoms with Gasteiger partial charge in [0.15, 0.2) is 0 Å². The lowest BCUT2D eigenvalue weighted by Gasteiger charge is -2.27. The van der Waals surface area contributed by atoms with E-state index in [4.69, 9.17) is 0 Å². The van der Waals surface area contributed by atoms with Crippen LogP contribution in [0.25, 0.3) is 0 Å². The molecule has 0 radical (unpaired) electrons. The second-order valence-corrected chi connectivity index (χ2v) is 5.19. The third kappa shape index (κ3) is 2.90. The van der Waals surface area contributed by atoms with Gasteiger partial charge in [-0.15, -0.1) is 0 Å². The molecule has 1 rings (SSSR count). The Hall–Kier alpha value is -0.660. The molecule has 0 spiro atoms. The van der Waals surface area contributed by atoms with Crippen molar-refractivity contribution in [3.8, 4) is 0 Å². The summed E-state index contributed by atoms with van der Waals surface area (Å²) in [6.45, 7) is 3.91. The number of aldehydes is 2. The van der Waals surface area contributed by atoms with Crippen molar-refractivity contribution in [1.29, 1.82) is 0 Å². The fourth-order valence-corrected chi connectivity index (χ4v) is 2.46. The predicted molar refractivity (Wildman–Crippen MR) is 60.6 cm³/mol. The maximum atomic E-state index is 11.1. The van der Waals surface area contributed by atoms with Gasteiger partial charge in [-0.25, -0.2) is 0 Å². The van der Waals surface area contributed by atoms with Crippen LogP contribution in [0.1, 0.15) is 52.4 Å². The van der Waals surface area contributed by atoms with Gasteiger partial charge in [0.1, 0.15) is 12.6 Å².